The monoisotopic (exact) mass is 291 g/mol. The number of carbonyl (C=O) groups is 1. The van der Waals surface area contributed by atoms with Crippen LogP contribution in [-0.2, 0) is 16.4 Å². The summed E-state index contributed by atoms with van der Waals surface area (Å²) >= 11 is 0. The minimum absolute atomic E-state index is 0.0253. The highest BCUT2D eigenvalue weighted by Gasteiger charge is 2.31. The molecule has 7 heteroatoms. The molecule has 0 fully saturated rings. The molecule has 0 bridgehead atoms. The van der Waals surface area contributed by atoms with Gasteiger partial charge in [0.05, 0.1) is 18.2 Å². The van der Waals surface area contributed by atoms with Crippen molar-refractivity contribution in [3.63, 3.8) is 0 Å². The summed E-state index contributed by atoms with van der Waals surface area (Å²) in [7, 11) is -3.61. The Labute approximate surface area is 116 Å². The smallest absolute Gasteiger partial charge is 0.281 e. The van der Waals surface area contributed by atoms with Crippen LogP contribution in [0.4, 0.5) is 5.69 Å². The average molecular weight is 291 g/mol. The molecular weight excluding hydrogens is 278 g/mol. The van der Waals surface area contributed by atoms with Crippen LogP contribution in [-0.4, -0.2) is 30.7 Å². The van der Waals surface area contributed by atoms with Crippen LogP contribution in [0.25, 0.3) is 0 Å². The maximum Gasteiger partial charge on any atom is 0.281 e. The molecule has 1 aromatic heterocycles. The number of sulfonamides is 1. The van der Waals surface area contributed by atoms with Gasteiger partial charge in [-0.15, -0.1) is 0 Å². The van der Waals surface area contributed by atoms with Crippen molar-refractivity contribution in [3.8, 4) is 0 Å². The number of Topliss-reactive ketones (excluding diaryl/α,β-unsaturated/α-hetero) is 1. The Morgan fingerprint density at radius 2 is 2.20 bits per heavy atom. The number of H-pyrrole nitrogens is 1. The van der Waals surface area contributed by atoms with Gasteiger partial charge in [0.1, 0.15) is 0 Å². The van der Waals surface area contributed by atoms with Crippen molar-refractivity contribution in [2.24, 2.45) is 0 Å². The van der Waals surface area contributed by atoms with Crippen molar-refractivity contribution >= 4 is 21.5 Å². The Balaban J connectivity index is 2.04. The molecule has 6 nitrogen and oxygen atoms in total. The standard InChI is InChI=1S/C13H13N3O3S/c1-9(17)10-2-3-12-11(6-10)4-5-16(12)20(18,19)13-7-14-8-15-13/h2-3,6-8H,4-5H2,1H3,(H,14,15). The summed E-state index contributed by atoms with van der Waals surface area (Å²) in [5.41, 5.74) is 2.11. The lowest BCUT2D eigenvalue weighted by molar-refractivity contribution is 0.101. The van der Waals surface area contributed by atoms with Gasteiger partial charge in [-0.25, -0.2) is 4.98 Å². The van der Waals surface area contributed by atoms with Crippen molar-refractivity contribution in [2.75, 3.05) is 10.8 Å². The van der Waals surface area contributed by atoms with E-state index in [1.54, 1.807) is 18.2 Å². The van der Waals surface area contributed by atoms with E-state index in [2.05, 4.69) is 9.97 Å². The average Bonchev–Trinajstić information content (AvgIpc) is 3.07. The fourth-order valence-electron chi connectivity index (χ4n) is 2.34. The molecule has 1 N–H and O–H groups in total. The van der Waals surface area contributed by atoms with Gasteiger partial charge in [0.2, 0.25) is 0 Å². The highest BCUT2D eigenvalue weighted by molar-refractivity contribution is 7.92. The van der Waals surface area contributed by atoms with E-state index < -0.39 is 10.0 Å². The molecule has 0 atom stereocenters. The summed E-state index contributed by atoms with van der Waals surface area (Å²) in [6.45, 7) is 1.87. The predicted molar refractivity (Wildman–Crippen MR) is 73.3 cm³/mol. The minimum Gasteiger partial charge on any atom is -0.334 e. The molecule has 0 saturated heterocycles. The van der Waals surface area contributed by atoms with Crippen LogP contribution in [0.1, 0.15) is 22.8 Å². The van der Waals surface area contributed by atoms with Crippen LogP contribution in [0.3, 0.4) is 0 Å². The maximum absolute atomic E-state index is 12.5. The van der Waals surface area contributed by atoms with E-state index in [1.165, 1.54) is 23.8 Å². The third-order valence-electron chi connectivity index (χ3n) is 3.38. The zero-order valence-corrected chi connectivity index (χ0v) is 11.6. The van der Waals surface area contributed by atoms with Crippen molar-refractivity contribution < 1.29 is 13.2 Å². The molecule has 2 heterocycles. The van der Waals surface area contributed by atoms with Crippen LogP contribution < -0.4 is 4.31 Å². The summed E-state index contributed by atoms with van der Waals surface area (Å²) in [6, 6.07) is 5.11. The molecule has 0 spiro atoms. The molecule has 1 aliphatic rings. The molecule has 1 aromatic carbocycles. The molecule has 0 amide bonds. The zero-order valence-electron chi connectivity index (χ0n) is 10.8. The number of hydrogen-bond donors (Lipinski definition) is 1. The molecule has 0 saturated carbocycles. The molecule has 20 heavy (non-hydrogen) atoms. The second-order valence-corrected chi connectivity index (χ2v) is 6.47. The lowest BCUT2D eigenvalue weighted by Gasteiger charge is -2.18. The molecule has 104 valence electrons. The van der Waals surface area contributed by atoms with E-state index in [1.807, 2.05) is 0 Å². The van der Waals surface area contributed by atoms with E-state index >= 15 is 0 Å². The number of benzene rings is 1. The summed E-state index contributed by atoms with van der Waals surface area (Å²) in [5, 5.41) is 0.0704. The van der Waals surface area contributed by atoms with Crippen LogP contribution in [0.5, 0.6) is 0 Å². The van der Waals surface area contributed by atoms with Gasteiger partial charge >= 0.3 is 0 Å². The maximum atomic E-state index is 12.5. The van der Waals surface area contributed by atoms with Crippen molar-refractivity contribution in [1.29, 1.82) is 0 Å². The lowest BCUT2D eigenvalue weighted by Crippen LogP contribution is -2.29. The van der Waals surface area contributed by atoms with Crippen LogP contribution in [0.2, 0.25) is 0 Å². The normalized spacial score (nSPS) is 14.3. The number of anilines is 1. The van der Waals surface area contributed by atoms with Gasteiger partial charge < -0.3 is 4.98 Å². The lowest BCUT2D eigenvalue weighted by atomic mass is 10.1. The zero-order chi connectivity index (χ0) is 14.3. The fraction of sp³-hybridized carbons (Fsp3) is 0.231. The van der Waals surface area contributed by atoms with Gasteiger partial charge in [-0.2, -0.15) is 8.42 Å². The molecule has 1 aliphatic heterocycles. The number of nitrogens with zero attached hydrogens (tertiary/aromatic N) is 2. The van der Waals surface area contributed by atoms with Crippen molar-refractivity contribution in [2.45, 2.75) is 18.4 Å². The van der Waals surface area contributed by atoms with E-state index in [0.717, 1.165) is 5.56 Å². The summed E-state index contributed by atoms with van der Waals surface area (Å²) in [4.78, 5) is 17.7. The van der Waals surface area contributed by atoms with Gasteiger partial charge in [0.25, 0.3) is 10.0 Å². The number of aromatic amines is 1. The second kappa shape index (κ2) is 4.45. The van der Waals surface area contributed by atoms with Gasteiger partial charge in [-0.1, -0.05) is 0 Å². The van der Waals surface area contributed by atoms with Gasteiger partial charge in [-0.3, -0.25) is 9.10 Å². The number of aromatic nitrogens is 2. The number of rotatable bonds is 3. The fourth-order valence-corrected chi connectivity index (χ4v) is 3.74. The quantitative estimate of drug-likeness (QED) is 0.866. The summed E-state index contributed by atoms with van der Waals surface area (Å²) in [5.74, 6) is -0.0253. The Morgan fingerprint density at radius 1 is 1.40 bits per heavy atom. The van der Waals surface area contributed by atoms with E-state index in [0.29, 0.717) is 24.2 Å². The molecule has 0 aliphatic carbocycles. The minimum atomic E-state index is -3.61. The van der Waals surface area contributed by atoms with E-state index in [-0.39, 0.29) is 10.8 Å². The molecule has 2 aromatic rings. The first-order valence-electron chi connectivity index (χ1n) is 6.15. The summed E-state index contributed by atoms with van der Waals surface area (Å²) in [6.07, 6.45) is 3.23. The second-order valence-electron chi connectivity index (χ2n) is 4.64. The van der Waals surface area contributed by atoms with Crippen molar-refractivity contribution in [3.05, 3.63) is 41.9 Å². The van der Waals surface area contributed by atoms with Gasteiger partial charge in [0, 0.05) is 12.1 Å². The number of ketones is 1. The SMILES string of the molecule is CC(=O)c1ccc2c(c1)CCN2S(=O)(=O)c1cnc[nH]1. The highest BCUT2D eigenvalue weighted by atomic mass is 32.2. The Morgan fingerprint density at radius 3 is 2.85 bits per heavy atom. The van der Waals surface area contributed by atoms with Crippen LogP contribution >= 0.6 is 0 Å². The van der Waals surface area contributed by atoms with Crippen molar-refractivity contribution in [1.82, 2.24) is 9.97 Å². The van der Waals surface area contributed by atoms with Gasteiger partial charge in [-0.05, 0) is 37.1 Å². The predicted octanol–water partition coefficient (Wildman–Crippen LogP) is 1.36. The number of carbonyl (C=O) groups excluding carboxylic acids is 1. The largest absolute Gasteiger partial charge is 0.334 e. The molecular formula is C13H13N3O3S. The number of imidazole rings is 1. The molecule has 0 unspecified atom stereocenters. The number of hydrogen-bond acceptors (Lipinski definition) is 4. The first-order chi connectivity index (χ1) is 9.50. The van der Waals surface area contributed by atoms with E-state index in [9.17, 15) is 13.2 Å². The molecule has 0 radical (unpaired) electrons. The third-order valence-corrected chi connectivity index (χ3v) is 5.12. The first kappa shape index (κ1) is 12.9. The number of fused-ring (bicyclic) bond motifs is 1. The highest BCUT2D eigenvalue weighted by Crippen LogP contribution is 2.33. The number of nitrogens with one attached hydrogen (secondary N) is 1. The first-order valence-corrected chi connectivity index (χ1v) is 7.59. The Bertz CT molecular complexity index is 766. The Hall–Kier alpha value is -2.15. The van der Waals surface area contributed by atoms with Gasteiger partial charge in [0.15, 0.2) is 10.8 Å². The van der Waals surface area contributed by atoms with Crippen LogP contribution in [0, 0.1) is 0 Å². The topological polar surface area (TPSA) is 83.1 Å². The summed E-state index contributed by atoms with van der Waals surface area (Å²) < 4.78 is 26.3. The van der Waals surface area contributed by atoms with E-state index in [4.69, 9.17) is 0 Å². The molecule has 3 rings (SSSR count). The third kappa shape index (κ3) is 1.90. The van der Waals surface area contributed by atoms with Crippen LogP contribution in [0.15, 0.2) is 35.7 Å². The Kier molecular flexibility index (Phi) is 2.86.